The minimum atomic E-state index is 1.22. The van der Waals surface area contributed by atoms with Gasteiger partial charge in [-0.2, -0.15) is 0 Å². The molecule has 0 saturated heterocycles. The topological polar surface area (TPSA) is 3.24 Å². The lowest BCUT2D eigenvalue weighted by atomic mass is 10.3. The Morgan fingerprint density at radius 2 is 2.14 bits per heavy atom. The van der Waals surface area contributed by atoms with Crippen molar-refractivity contribution in [1.82, 2.24) is 4.57 Å². The third-order valence-corrected chi connectivity index (χ3v) is 1.41. The summed E-state index contributed by atoms with van der Waals surface area (Å²) in [6.45, 7) is 3.52. The fourth-order valence-corrected chi connectivity index (χ4v) is 0.791. The van der Waals surface area contributed by atoms with E-state index in [0.29, 0.717) is 0 Å². The maximum atomic E-state index is 2.35. The van der Waals surface area contributed by atoms with Crippen molar-refractivity contribution in [1.29, 1.82) is 0 Å². The number of rotatable bonds is 3. The zero-order chi connectivity index (χ0) is 5.70. The van der Waals surface area contributed by atoms with Gasteiger partial charge in [-0.1, -0.05) is 13.3 Å². The molecule has 0 unspecified atom stereocenters. The molecule has 0 saturated carbocycles. The second-order valence-electron chi connectivity index (χ2n) is 2.16. The van der Waals surface area contributed by atoms with Crippen LogP contribution in [-0.2, 0) is 0 Å². The molecule has 0 bridgehead atoms. The highest BCUT2D eigenvalue weighted by molar-refractivity contribution is 6.04. The predicted octanol–water partition coefficient (Wildman–Crippen LogP) is -0.00130. The van der Waals surface area contributed by atoms with Crippen molar-refractivity contribution in [2.24, 2.45) is 0 Å². The van der Waals surface area contributed by atoms with Crippen LogP contribution in [0.15, 0.2) is 0 Å². The highest BCUT2D eigenvalue weighted by atomic mass is 28.2. The molecule has 0 aliphatic heterocycles. The van der Waals surface area contributed by atoms with Crippen molar-refractivity contribution in [3.05, 3.63) is 0 Å². The highest BCUT2D eigenvalue weighted by Gasteiger charge is 1.83. The van der Waals surface area contributed by atoms with Crippen LogP contribution in [0.1, 0.15) is 19.8 Å². The molecular weight excluding hydrogens is 102 g/mol. The van der Waals surface area contributed by atoms with Gasteiger partial charge in [0.2, 0.25) is 0 Å². The summed E-state index contributed by atoms with van der Waals surface area (Å²) in [6, 6.07) is 0. The van der Waals surface area contributed by atoms with Gasteiger partial charge in [-0.05, 0) is 20.0 Å². The van der Waals surface area contributed by atoms with Crippen molar-refractivity contribution in [2.45, 2.75) is 19.8 Å². The van der Waals surface area contributed by atoms with Gasteiger partial charge >= 0.3 is 0 Å². The molecular formula is C5H15NSi. The summed E-state index contributed by atoms with van der Waals surface area (Å²) in [7, 11) is 3.39. The summed E-state index contributed by atoms with van der Waals surface area (Å²) >= 11 is 0. The Hall–Kier alpha value is 0.177. The average molecular weight is 117 g/mol. The second-order valence-corrected chi connectivity index (χ2v) is 3.68. The quantitative estimate of drug-likeness (QED) is 0.470. The standard InChI is InChI=1S/C5H15NSi/c1-3-4-5-6(2)7/h3-5H2,1-2,7H3. The summed E-state index contributed by atoms with van der Waals surface area (Å²) in [5.74, 6) is 0. The highest BCUT2D eigenvalue weighted by Crippen LogP contribution is 1.85. The molecule has 0 aromatic rings. The molecule has 0 heterocycles. The fourth-order valence-electron chi connectivity index (χ4n) is 0.474. The summed E-state index contributed by atoms with van der Waals surface area (Å²) in [5.41, 5.74) is 0. The van der Waals surface area contributed by atoms with Gasteiger partial charge in [0.25, 0.3) is 0 Å². The average Bonchev–Trinajstić information content (AvgIpc) is 1.61. The van der Waals surface area contributed by atoms with E-state index in [-0.39, 0.29) is 0 Å². The Balaban J connectivity index is 2.68. The minimum absolute atomic E-state index is 1.22. The largest absolute Gasteiger partial charge is 0.335 e. The van der Waals surface area contributed by atoms with Crippen molar-refractivity contribution in [2.75, 3.05) is 13.6 Å². The molecule has 0 N–H and O–H groups in total. The van der Waals surface area contributed by atoms with E-state index in [1.54, 1.807) is 0 Å². The zero-order valence-electron chi connectivity index (χ0n) is 5.57. The second kappa shape index (κ2) is 4.34. The van der Waals surface area contributed by atoms with E-state index in [9.17, 15) is 0 Å². The van der Waals surface area contributed by atoms with Crippen molar-refractivity contribution in [3.63, 3.8) is 0 Å². The van der Waals surface area contributed by atoms with Crippen molar-refractivity contribution < 1.29 is 0 Å². The van der Waals surface area contributed by atoms with Gasteiger partial charge in [-0.25, -0.2) is 0 Å². The van der Waals surface area contributed by atoms with Crippen molar-refractivity contribution in [3.8, 4) is 0 Å². The molecule has 0 aromatic carbocycles. The van der Waals surface area contributed by atoms with E-state index >= 15 is 0 Å². The Bertz CT molecular complexity index is 37.1. The molecule has 0 spiro atoms. The van der Waals surface area contributed by atoms with Gasteiger partial charge < -0.3 is 4.57 Å². The first-order valence-corrected chi connectivity index (χ1v) is 3.81. The molecule has 2 heteroatoms. The van der Waals surface area contributed by atoms with Crippen LogP contribution in [0.25, 0.3) is 0 Å². The molecule has 0 atom stereocenters. The van der Waals surface area contributed by atoms with Crippen LogP contribution in [-0.4, -0.2) is 28.6 Å². The van der Waals surface area contributed by atoms with Gasteiger partial charge in [0.05, 0.1) is 10.4 Å². The molecule has 1 nitrogen and oxygen atoms in total. The maximum absolute atomic E-state index is 2.35. The lowest BCUT2D eigenvalue weighted by molar-refractivity contribution is 0.520. The van der Waals surface area contributed by atoms with E-state index in [1.165, 1.54) is 29.8 Å². The Morgan fingerprint density at radius 3 is 2.29 bits per heavy atom. The Kier molecular flexibility index (Phi) is 4.45. The van der Waals surface area contributed by atoms with E-state index in [4.69, 9.17) is 0 Å². The van der Waals surface area contributed by atoms with Gasteiger partial charge in [0.1, 0.15) is 0 Å². The molecule has 0 fully saturated rings. The lowest BCUT2D eigenvalue weighted by Gasteiger charge is -2.06. The van der Waals surface area contributed by atoms with Crippen LogP contribution in [0, 0.1) is 0 Å². The van der Waals surface area contributed by atoms with Crippen LogP contribution in [0.5, 0.6) is 0 Å². The van der Waals surface area contributed by atoms with E-state index in [1.807, 2.05) is 0 Å². The van der Waals surface area contributed by atoms with Gasteiger partial charge in [-0.3, -0.25) is 0 Å². The van der Waals surface area contributed by atoms with Crippen LogP contribution < -0.4 is 0 Å². The number of nitrogens with zero attached hydrogens (tertiary/aromatic N) is 1. The number of unbranched alkanes of at least 4 members (excludes halogenated alkanes) is 1. The number of hydrogen-bond donors (Lipinski definition) is 0. The van der Waals surface area contributed by atoms with Crippen molar-refractivity contribution >= 4 is 10.4 Å². The molecule has 0 aliphatic carbocycles. The van der Waals surface area contributed by atoms with Crippen LogP contribution in [0.3, 0.4) is 0 Å². The molecule has 0 aliphatic rings. The third kappa shape index (κ3) is 6.18. The molecule has 0 radical (unpaired) electrons. The summed E-state index contributed by atoms with van der Waals surface area (Å²) in [6.07, 6.45) is 2.69. The van der Waals surface area contributed by atoms with Gasteiger partial charge in [0.15, 0.2) is 0 Å². The predicted molar refractivity (Wildman–Crippen MR) is 37.5 cm³/mol. The fraction of sp³-hybridized carbons (Fsp3) is 1.00. The van der Waals surface area contributed by atoms with Gasteiger partial charge in [-0.15, -0.1) is 0 Å². The van der Waals surface area contributed by atoms with E-state index in [2.05, 4.69) is 18.5 Å². The monoisotopic (exact) mass is 117 g/mol. The molecule has 0 amide bonds. The van der Waals surface area contributed by atoms with Crippen LogP contribution in [0.4, 0.5) is 0 Å². The summed E-state index contributed by atoms with van der Waals surface area (Å²) < 4.78 is 2.35. The van der Waals surface area contributed by atoms with Gasteiger partial charge in [0, 0.05) is 0 Å². The molecule has 7 heavy (non-hydrogen) atoms. The minimum Gasteiger partial charge on any atom is -0.335 e. The van der Waals surface area contributed by atoms with Crippen LogP contribution >= 0.6 is 0 Å². The number of hydrogen-bond acceptors (Lipinski definition) is 1. The molecule has 0 aromatic heterocycles. The molecule has 44 valence electrons. The Labute approximate surface area is 49.2 Å². The Morgan fingerprint density at radius 1 is 1.57 bits per heavy atom. The first-order valence-electron chi connectivity index (χ1n) is 2.92. The first-order chi connectivity index (χ1) is 3.27. The SMILES string of the molecule is CCCCN(C)[SiH3]. The molecule has 0 rings (SSSR count). The summed E-state index contributed by atoms with van der Waals surface area (Å²) in [5, 5.41) is 0. The summed E-state index contributed by atoms with van der Waals surface area (Å²) in [4.78, 5) is 0. The smallest absolute Gasteiger partial charge is 0.0781 e. The normalized spacial score (nSPS) is 10.7. The first kappa shape index (κ1) is 7.18. The lowest BCUT2D eigenvalue weighted by Crippen LogP contribution is -2.14. The van der Waals surface area contributed by atoms with E-state index < -0.39 is 0 Å². The van der Waals surface area contributed by atoms with Crippen LogP contribution in [0.2, 0.25) is 0 Å². The third-order valence-electron chi connectivity index (χ3n) is 0.959. The maximum Gasteiger partial charge on any atom is 0.0781 e. The zero-order valence-corrected chi connectivity index (χ0v) is 7.57. The van der Waals surface area contributed by atoms with E-state index in [0.717, 1.165) is 0 Å².